The number of ether oxygens (including phenoxy) is 5. The van der Waals surface area contributed by atoms with Gasteiger partial charge in [0.15, 0.2) is 24.5 Å². The second kappa shape index (κ2) is 11.2. The summed E-state index contributed by atoms with van der Waals surface area (Å²) in [5, 5.41) is 4.51. The molecule has 0 aliphatic carbocycles. The molecule has 0 bridgehead atoms. The zero-order chi connectivity index (χ0) is 24.9. The van der Waals surface area contributed by atoms with Crippen LogP contribution in [0.4, 0.5) is 0 Å². The molecule has 2 N–H and O–H groups in total. The van der Waals surface area contributed by atoms with Crippen LogP contribution in [0, 0.1) is 0 Å². The maximum Gasteiger partial charge on any atom is 0.303 e. The first-order valence-corrected chi connectivity index (χ1v) is 10.8. The van der Waals surface area contributed by atoms with Crippen LogP contribution in [0.1, 0.15) is 50.1 Å². The standard InChI is InChI=1S/C19H24BrN3O10/c1-8(24)29-7-14-15(30-9(2)25)16(31-10(3)26)17(32-11(4)27)19(33-14)23-13(18(21)28)5-12(6-20)22-23/h5,14-17,19H,6-7H2,1-4H3,(H2,21,28)/t14-,15-,16-,17-,19+/m0/s1. The number of carbonyl (C=O) groups excluding carboxylic acids is 5. The number of aromatic nitrogens is 2. The molecule has 5 atom stereocenters. The molecule has 0 spiro atoms. The summed E-state index contributed by atoms with van der Waals surface area (Å²) in [5.74, 6) is -3.83. The number of carbonyl (C=O) groups is 5. The van der Waals surface area contributed by atoms with E-state index in [0.717, 1.165) is 32.4 Å². The fraction of sp³-hybridized carbons (Fsp3) is 0.579. The third-order valence-corrected chi connectivity index (χ3v) is 4.96. The summed E-state index contributed by atoms with van der Waals surface area (Å²) in [4.78, 5) is 59.0. The van der Waals surface area contributed by atoms with Gasteiger partial charge in [-0.2, -0.15) is 5.10 Å². The number of amides is 1. The van der Waals surface area contributed by atoms with Crippen LogP contribution in [0.15, 0.2) is 6.07 Å². The number of hydrogen-bond acceptors (Lipinski definition) is 11. The fourth-order valence-corrected chi connectivity index (χ4v) is 3.56. The van der Waals surface area contributed by atoms with Crippen molar-refractivity contribution in [1.29, 1.82) is 0 Å². The van der Waals surface area contributed by atoms with E-state index in [-0.39, 0.29) is 11.0 Å². The van der Waals surface area contributed by atoms with Crippen molar-refractivity contribution < 1.29 is 47.7 Å². The molecule has 33 heavy (non-hydrogen) atoms. The third-order valence-electron chi connectivity index (χ3n) is 4.38. The van der Waals surface area contributed by atoms with E-state index in [4.69, 9.17) is 29.4 Å². The Labute approximate surface area is 196 Å². The summed E-state index contributed by atoms with van der Waals surface area (Å²) in [5.41, 5.74) is 5.78. The predicted molar refractivity (Wildman–Crippen MR) is 111 cm³/mol. The average molecular weight is 534 g/mol. The lowest BCUT2D eigenvalue weighted by Crippen LogP contribution is -2.61. The van der Waals surface area contributed by atoms with Crippen LogP contribution >= 0.6 is 15.9 Å². The van der Waals surface area contributed by atoms with E-state index in [1.54, 1.807) is 0 Å². The largest absolute Gasteiger partial charge is 0.463 e. The molecule has 0 unspecified atom stereocenters. The second-order valence-corrected chi connectivity index (χ2v) is 7.61. The Balaban J connectivity index is 2.65. The molecule has 1 aliphatic heterocycles. The molecule has 1 aromatic rings. The molecule has 0 aromatic carbocycles. The van der Waals surface area contributed by atoms with Gasteiger partial charge in [0.25, 0.3) is 5.91 Å². The SMILES string of the molecule is CC(=O)OC[C@@H]1O[C@@H](n2nc(CBr)cc2C(N)=O)[C@@H](OC(C)=O)[C@@H](OC(C)=O)[C@H]1OC(C)=O. The summed E-state index contributed by atoms with van der Waals surface area (Å²) in [6, 6.07) is 1.39. The van der Waals surface area contributed by atoms with Crippen LogP contribution in [0.3, 0.4) is 0 Å². The highest BCUT2D eigenvalue weighted by atomic mass is 79.9. The number of primary amides is 1. The molecule has 13 nitrogen and oxygen atoms in total. The van der Waals surface area contributed by atoms with Crippen molar-refractivity contribution in [3.05, 3.63) is 17.5 Å². The lowest BCUT2D eigenvalue weighted by molar-refractivity contribution is -0.270. The van der Waals surface area contributed by atoms with E-state index >= 15 is 0 Å². The Hall–Kier alpha value is -3.00. The number of hydrogen-bond donors (Lipinski definition) is 1. The van der Waals surface area contributed by atoms with Gasteiger partial charge in [-0.1, -0.05) is 15.9 Å². The quantitative estimate of drug-likeness (QED) is 0.273. The predicted octanol–water partition coefficient (Wildman–Crippen LogP) is 0.133. The minimum atomic E-state index is -1.41. The van der Waals surface area contributed by atoms with Gasteiger partial charge in [-0.15, -0.1) is 0 Å². The van der Waals surface area contributed by atoms with Gasteiger partial charge in [0.05, 0.1) is 5.69 Å². The molecule has 2 rings (SSSR count). The average Bonchev–Trinajstić information content (AvgIpc) is 3.13. The number of halogens is 1. The normalized spacial score (nSPS) is 24.5. The lowest BCUT2D eigenvalue weighted by Gasteiger charge is -2.44. The van der Waals surface area contributed by atoms with Gasteiger partial charge >= 0.3 is 23.9 Å². The molecule has 1 amide bonds. The van der Waals surface area contributed by atoms with Gasteiger partial charge in [0, 0.05) is 33.0 Å². The molecule has 1 fully saturated rings. The van der Waals surface area contributed by atoms with Gasteiger partial charge < -0.3 is 29.4 Å². The summed E-state index contributed by atoms with van der Waals surface area (Å²) >= 11 is 3.23. The van der Waals surface area contributed by atoms with E-state index in [1.807, 2.05) is 0 Å². The fourth-order valence-electron chi connectivity index (χ4n) is 3.29. The number of nitrogens with zero attached hydrogens (tertiary/aromatic N) is 2. The third kappa shape index (κ3) is 6.74. The minimum Gasteiger partial charge on any atom is -0.463 e. The molecule has 0 radical (unpaired) electrons. The monoisotopic (exact) mass is 533 g/mol. The maximum absolute atomic E-state index is 12.0. The lowest BCUT2D eigenvalue weighted by atomic mass is 9.97. The smallest absolute Gasteiger partial charge is 0.303 e. The van der Waals surface area contributed by atoms with Crippen LogP contribution in [0.5, 0.6) is 0 Å². The van der Waals surface area contributed by atoms with E-state index in [0.29, 0.717) is 5.69 Å². The first kappa shape index (κ1) is 26.3. The molecule has 14 heteroatoms. The number of nitrogens with two attached hydrogens (primary N) is 1. The van der Waals surface area contributed by atoms with Crippen molar-refractivity contribution in [2.45, 2.75) is 63.7 Å². The highest BCUT2D eigenvalue weighted by molar-refractivity contribution is 9.08. The first-order valence-electron chi connectivity index (χ1n) is 9.69. The van der Waals surface area contributed by atoms with Crippen LogP contribution in [-0.4, -0.2) is 70.6 Å². The van der Waals surface area contributed by atoms with Crippen molar-refractivity contribution >= 4 is 45.7 Å². The van der Waals surface area contributed by atoms with Crippen molar-refractivity contribution in [2.24, 2.45) is 5.73 Å². The van der Waals surface area contributed by atoms with E-state index < -0.39 is 67.0 Å². The molecule has 1 aliphatic rings. The highest BCUT2D eigenvalue weighted by Gasteiger charge is 2.53. The van der Waals surface area contributed by atoms with E-state index in [9.17, 15) is 24.0 Å². The Morgan fingerprint density at radius 2 is 1.52 bits per heavy atom. The summed E-state index contributed by atoms with van der Waals surface area (Å²) in [6.07, 6.45) is -6.68. The minimum absolute atomic E-state index is 0.0923. The molecule has 1 saturated heterocycles. The highest BCUT2D eigenvalue weighted by Crippen LogP contribution is 2.35. The summed E-state index contributed by atoms with van der Waals surface area (Å²) in [7, 11) is 0. The Bertz CT molecular complexity index is 933. The van der Waals surface area contributed by atoms with Crippen molar-refractivity contribution in [3.63, 3.8) is 0 Å². The maximum atomic E-state index is 12.0. The first-order chi connectivity index (χ1) is 15.4. The number of rotatable bonds is 8. The van der Waals surface area contributed by atoms with E-state index in [2.05, 4.69) is 21.0 Å². The zero-order valence-electron chi connectivity index (χ0n) is 18.3. The van der Waals surface area contributed by atoms with Crippen molar-refractivity contribution in [2.75, 3.05) is 6.61 Å². The van der Waals surface area contributed by atoms with E-state index in [1.165, 1.54) is 6.07 Å². The summed E-state index contributed by atoms with van der Waals surface area (Å²) in [6.45, 7) is 4.07. The van der Waals surface area contributed by atoms with Crippen molar-refractivity contribution in [1.82, 2.24) is 9.78 Å². The Morgan fingerprint density at radius 3 is 2.00 bits per heavy atom. The van der Waals surface area contributed by atoms with Crippen LogP contribution in [0.25, 0.3) is 0 Å². The second-order valence-electron chi connectivity index (χ2n) is 7.05. The molecule has 182 valence electrons. The molecule has 2 heterocycles. The van der Waals surface area contributed by atoms with Gasteiger partial charge in [0.1, 0.15) is 18.4 Å². The van der Waals surface area contributed by atoms with Gasteiger partial charge in [-0.25, -0.2) is 4.68 Å². The van der Waals surface area contributed by atoms with Crippen LogP contribution < -0.4 is 5.73 Å². The molecular formula is C19H24BrN3O10. The van der Waals surface area contributed by atoms with Gasteiger partial charge in [-0.05, 0) is 6.07 Å². The Kier molecular flexibility index (Phi) is 8.93. The van der Waals surface area contributed by atoms with Crippen LogP contribution in [0.2, 0.25) is 0 Å². The van der Waals surface area contributed by atoms with Gasteiger partial charge in [0.2, 0.25) is 0 Å². The number of alkyl halides is 1. The molecule has 0 saturated carbocycles. The van der Waals surface area contributed by atoms with Crippen molar-refractivity contribution in [3.8, 4) is 0 Å². The van der Waals surface area contributed by atoms with Gasteiger partial charge in [-0.3, -0.25) is 24.0 Å². The van der Waals surface area contributed by atoms with Crippen LogP contribution in [-0.2, 0) is 48.2 Å². The topological polar surface area (TPSA) is 175 Å². The molecular weight excluding hydrogens is 510 g/mol. The summed E-state index contributed by atoms with van der Waals surface area (Å²) < 4.78 is 28.1. The zero-order valence-corrected chi connectivity index (χ0v) is 19.9. The molecule has 1 aromatic heterocycles. The number of esters is 4. The Morgan fingerprint density at radius 1 is 0.970 bits per heavy atom.